The summed E-state index contributed by atoms with van der Waals surface area (Å²) in [5.41, 5.74) is 7.25. The van der Waals surface area contributed by atoms with Crippen LogP contribution in [0, 0.1) is 5.92 Å². The molecule has 1 aromatic rings. The highest BCUT2D eigenvalue weighted by atomic mass is 16.5. The molecule has 2 nitrogen and oxygen atoms in total. The Morgan fingerprint density at radius 2 is 2.12 bits per heavy atom. The predicted molar refractivity (Wildman–Crippen MR) is 71.3 cm³/mol. The average Bonchev–Trinajstić information content (AvgIpc) is 2.28. The van der Waals surface area contributed by atoms with Crippen molar-refractivity contribution in [1.29, 1.82) is 0 Å². The van der Waals surface area contributed by atoms with Gasteiger partial charge in [0.25, 0.3) is 0 Å². The summed E-state index contributed by atoms with van der Waals surface area (Å²) in [7, 11) is 0. The molecule has 0 aromatic heterocycles. The monoisotopic (exact) mass is 233 g/mol. The molecule has 1 aromatic carbocycles. The van der Waals surface area contributed by atoms with Gasteiger partial charge in [-0.3, -0.25) is 0 Å². The van der Waals surface area contributed by atoms with Gasteiger partial charge in [0, 0.05) is 6.04 Å². The maximum atomic E-state index is 5.87. The standard InChI is InChI=1S/C15H23NO/c1-11(9-12(2)16)10-13-7-8-17-15-6-4-3-5-14(13)15/h3-6,11-13H,7-10,16H2,1-2H3. The van der Waals surface area contributed by atoms with Gasteiger partial charge < -0.3 is 10.5 Å². The molecule has 1 aliphatic heterocycles. The Kier molecular flexibility index (Phi) is 4.06. The zero-order valence-electron chi connectivity index (χ0n) is 10.9. The highest BCUT2D eigenvalue weighted by Gasteiger charge is 2.22. The van der Waals surface area contributed by atoms with Crippen LogP contribution in [0.3, 0.4) is 0 Å². The zero-order chi connectivity index (χ0) is 12.3. The Morgan fingerprint density at radius 3 is 2.88 bits per heavy atom. The van der Waals surface area contributed by atoms with Crippen LogP contribution in [0.2, 0.25) is 0 Å². The number of hydrogen-bond acceptors (Lipinski definition) is 2. The van der Waals surface area contributed by atoms with Gasteiger partial charge in [-0.05, 0) is 49.7 Å². The van der Waals surface area contributed by atoms with Crippen molar-refractivity contribution in [3.05, 3.63) is 29.8 Å². The summed E-state index contributed by atoms with van der Waals surface area (Å²) >= 11 is 0. The van der Waals surface area contributed by atoms with Crippen molar-refractivity contribution in [2.45, 2.75) is 45.1 Å². The number of nitrogens with two attached hydrogens (primary N) is 1. The van der Waals surface area contributed by atoms with Crippen molar-refractivity contribution in [3.63, 3.8) is 0 Å². The van der Waals surface area contributed by atoms with Crippen LogP contribution in [0.25, 0.3) is 0 Å². The van der Waals surface area contributed by atoms with Crippen molar-refractivity contribution in [3.8, 4) is 5.75 Å². The summed E-state index contributed by atoms with van der Waals surface area (Å²) in [6, 6.07) is 8.75. The molecule has 1 heterocycles. The molecule has 94 valence electrons. The van der Waals surface area contributed by atoms with Gasteiger partial charge in [-0.15, -0.1) is 0 Å². The van der Waals surface area contributed by atoms with Gasteiger partial charge >= 0.3 is 0 Å². The van der Waals surface area contributed by atoms with E-state index in [9.17, 15) is 0 Å². The minimum Gasteiger partial charge on any atom is -0.493 e. The maximum Gasteiger partial charge on any atom is 0.122 e. The lowest BCUT2D eigenvalue weighted by Gasteiger charge is -2.28. The normalized spacial score (nSPS) is 22.4. The molecule has 0 fully saturated rings. The van der Waals surface area contributed by atoms with Gasteiger partial charge in [-0.1, -0.05) is 25.1 Å². The van der Waals surface area contributed by atoms with Gasteiger partial charge in [0.2, 0.25) is 0 Å². The number of rotatable bonds is 4. The fraction of sp³-hybridized carbons (Fsp3) is 0.600. The largest absolute Gasteiger partial charge is 0.493 e. The van der Waals surface area contributed by atoms with Crippen LogP contribution < -0.4 is 10.5 Å². The van der Waals surface area contributed by atoms with Crippen molar-refractivity contribution in [2.24, 2.45) is 11.7 Å². The lowest BCUT2D eigenvalue weighted by Crippen LogP contribution is -2.21. The first-order valence-electron chi connectivity index (χ1n) is 6.64. The van der Waals surface area contributed by atoms with E-state index in [0.29, 0.717) is 17.9 Å². The van der Waals surface area contributed by atoms with Crippen molar-refractivity contribution in [2.75, 3.05) is 6.61 Å². The fourth-order valence-electron chi connectivity index (χ4n) is 2.88. The molecule has 0 spiro atoms. The Hall–Kier alpha value is -1.02. The maximum absolute atomic E-state index is 5.87. The summed E-state index contributed by atoms with van der Waals surface area (Å²) in [4.78, 5) is 0. The van der Waals surface area contributed by atoms with Crippen LogP contribution in [0.5, 0.6) is 5.75 Å². The van der Waals surface area contributed by atoms with Gasteiger partial charge in [-0.2, -0.15) is 0 Å². The summed E-state index contributed by atoms with van der Waals surface area (Å²) in [6.07, 6.45) is 3.47. The highest BCUT2D eigenvalue weighted by Crippen LogP contribution is 2.37. The first kappa shape index (κ1) is 12.4. The van der Waals surface area contributed by atoms with Crippen LogP contribution in [-0.4, -0.2) is 12.6 Å². The molecule has 3 atom stereocenters. The Labute approximate surface area is 104 Å². The SMILES string of the molecule is CC(N)CC(C)CC1CCOc2ccccc21. The number of fused-ring (bicyclic) bond motifs is 1. The summed E-state index contributed by atoms with van der Waals surface area (Å²) in [5.74, 6) is 2.41. The number of para-hydroxylation sites is 1. The van der Waals surface area contributed by atoms with Gasteiger partial charge in [0.05, 0.1) is 6.61 Å². The first-order valence-corrected chi connectivity index (χ1v) is 6.64. The minimum absolute atomic E-state index is 0.306. The van der Waals surface area contributed by atoms with E-state index < -0.39 is 0 Å². The lowest BCUT2D eigenvalue weighted by molar-refractivity contribution is 0.250. The Morgan fingerprint density at radius 1 is 1.35 bits per heavy atom. The van der Waals surface area contributed by atoms with E-state index in [0.717, 1.165) is 25.2 Å². The van der Waals surface area contributed by atoms with Gasteiger partial charge in [0.1, 0.15) is 5.75 Å². The van der Waals surface area contributed by atoms with E-state index in [1.807, 2.05) is 6.07 Å². The van der Waals surface area contributed by atoms with Crippen LogP contribution in [0.4, 0.5) is 0 Å². The molecule has 0 saturated carbocycles. The molecule has 2 rings (SSSR count). The molecule has 0 radical (unpaired) electrons. The smallest absolute Gasteiger partial charge is 0.122 e. The molecule has 3 unspecified atom stereocenters. The second-order valence-corrected chi connectivity index (χ2v) is 5.43. The first-order chi connectivity index (χ1) is 8.16. The molecule has 0 saturated heterocycles. The molecule has 1 aliphatic rings. The number of hydrogen-bond donors (Lipinski definition) is 1. The molecule has 0 bridgehead atoms. The Bertz CT molecular complexity index is 362. The van der Waals surface area contributed by atoms with Crippen LogP contribution >= 0.6 is 0 Å². The van der Waals surface area contributed by atoms with E-state index in [2.05, 4.69) is 32.0 Å². The van der Waals surface area contributed by atoms with E-state index in [-0.39, 0.29) is 0 Å². The second kappa shape index (κ2) is 5.54. The molecular formula is C15H23NO. The third kappa shape index (κ3) is 3.22. The zero-order valence-corrected chi connectivity index (χ0v) is 10.9. The molecule has 17 heavy (non-hydrogen) atoms. The average molecular weight is 233 g/mol. The van der Waals surface area contributed by atoms with Crippen molar-refractivity contribution in [1.82, 2.24) is 0 Å². The summed E-state index contributed by atoms with van der Waals surface area (Å²) < 4.78 is 5.69. The molecule has 2 heteroatoms. The molecule has 2 N–H and O–H groups in total. The van der Waals surface area contributed by atoms with Crippen molar-refractivity contribution < 1.29 is 4.74 Å². The second-order valence-electron chi connectivity index (χ2n) is 5.43. The van der Waals surface area contributed by atoms with E-state index in [1.54, 1.807) is 0 Å². The van der Waals surface area contributed by atoms with Crippen LogP contribution in [-0.2, 0) is 0 Å². The van der Waals surface area contributed by atoms with Crippen LogP contribution in [0.15, 0.2) is 24.3 Å². The predicted octanol–water partition coefficient (Wildman–Crippen LogP) is 3.32. The van der Waals surface area contributed by atoms with E-state index in [4.69, 9.17) is 10.5 Å². The van der Waals surface area contributed by atoms with Gasteiger partial charge in [-0.25, -0.2) is 0 Å². The molecular weight excluding hydrogens is 210 g/mol. The number of benzene rings is 1. The third-order valence-electron chi connectivity index (χ3n) is 3.54. The summed E-state index contributed by atoms with van der Waals surface area (Å²) in [6.45, 7) is 5.25. The summed E-state index contributed by atoms with van der Waals surface area (Å²) in [5, 5.41) is 0. The Balaban J connectivity index is 2.03. The third-order valence-corrected chi connectivity index (χ3v) is 3.54. The fourth-order valence-corrected chi connectivity index (χ4v) is 2.88. The molecule has 0 amide bonds. The highest BCUT2D eigenvalue weighted by molar-refractivity contribution is 5.37. The topological polar surface area (TPSA) is 35.2 Å². The van der Waals surface area contributed by atoms with Crippen LogP contribution in [0.1, 0.15) is 44.6 Å². The van der Waals surface area contributed by atoms with Gasteiger partial charge in [0.15, 0.2) is 0 Å². The van der Waals surface area contributed by atoms with E-state index >= 15 is 0 Å². The quantitative estimate of drug-likeness (QED) is 0.866. The van der Waals surface area contributed by atoms with Crippen molar-refractivity contribution >= 4 is 0 Å². The lowest BCUT2D eigenvalue weighted by atomic mass is 9.84. The van der Waals surface area contributed by atoms with E-state index in [1.165, 1.54) is 12.0 Å². The minimum atomic E-state index is 0.306. The molecule has 0 aliphatic carbocycles. The number of ether oxygens (including phenoxy) is 1.